The molecular weight excluding hydrogens is 242 g/mol. The number of alkyl halides is 1. The number of rotatable bonds is 2. The maximum absolute atomic E-state index is 11.4. The van der Waals surface area contributed by atoms with E-state index in [0.717, 1.165) is 24.7 Å². The number of hydrogen-bond donors (Lipinski definition) is 1. The molecular formula is C11H20BrNO. The molecule has 1 aliphatic rings. The van der Waals surface area contributed by atoms with Gasteiger partial charge < -0.3 is 5.32 Å². The number of hydrogen-bond acceptors (Lipinski definition) is 1. The van der Waals surface area contributed by atoms with Crippen LogP contribution >= 0.6 is 15.9 Å². The van der Waals surface area contributed by atoms with Crippen LogP contribution in [0.5, 0.6) is 0 Å². The summed E-state index contributed by atoms with van der Waals surface area (Å²) in [6, 6.07) is 0.397. The predicted octanol–water partition coefficient (Wildman–Crippen LogP) is 2.71. The fourth-order valence-electron chi connectivity index (χ4n) is 1.99. The van der Waals surface area contributed by atoms with Gasteiger partial charge in [0.15, 0.2) is 0 Å². The van der Waals surface area contributed by atoms with Gasteiger partial charge in [0.05, 0.1) is 4.83 Å². The minimum absolute atomic E-state index is 0.0721. The molecule has 0 radical (unpaired) electrons. The molecule has 0 aliphatic heterocycles. The Morgan fingerprint density at radius 1 is 1.36 bits per heavy atom. The van der Waals surface area contributed by atoms with E-state index in [0.29, 0.717) is 6.04 Å². The largest absolute Gasteiger partial charge is 0.352 e. The smallest absolute Gasteiger partial charge is 0.233 e. The molecule has 0 saturated heterocycles. The summed E-state index contributed by atoms with van der Waals surface area (Å²) < 4.78 is 0. The van der Waals surface area contributed by atoms with Crippen molar-refractivity contribution < 1.29 is 4.79 Å². The fourth-order valence-corrected chi connectivity index (χ4v) is 2.13. The number of halogens is 1. The van der Waals surface area contributed by atoms with Gasteiger partial charge in [-0.1, -0.05) is 29.8 Å². The molecule has 1 aliphatic carbocycles. The predicted molar refractivity (Wildman–Crippen MR) is 62.5 cm³/mol. The lowest BCUT2D eigenvalue weighted by atomic mass is 9.79. The molecule has 2 nitrogen and oxygen atoms in total. The van der Waals surface area contributed by atoms with Crippen LogP contribution in [0.3, 0.4) is 0 Å². The van der Waals surface area contributed by atoms with E-state index in [1.165, 1.54) is 6.42 Å². The molecule has 1 fully saturated rings. The molecule has 0 spiro atoms. The first kappa shape index (κ1) is 12.0. The van der Waals surface area contributed by atoms with Crippen molar-refractivity contribution in [2.45, 2.75) is 50.9 Å². The second-order valence-electron chi connectivity index (χ2n) is 4.59. The van der Waals surface area contributed by atoms with Crippen LogP contribution in [0.15, 0.2) is 0 Å². The average molecular weight is 262 g/mol. The van der Waals surface area contributed by atoms with Gasteiger partial charge in [-0.2, -0.15) is 0 Å². The minimum Gasteiger partial charge on any atom is -0.352 e. The van der Waals surface area contributed by atoms with Crippen LogP contribution < -0.4 is 5.32 Å². The fraction of sp³-hybridized carbons (Fsp3) is 0.909. The molecule has 4 unspecified atom stereocenters. The van der Waals surface area contributed by atoms with Gasteiger partial charge in [-0.05, 0) is 38.0 Å². The van der Waals surface area contributed by atoms with E-state index in [2.05, 4.69) is 35.1 Å². The van der Waals surface area contributed by atoms with Crippen LogP contribution in [0.1, 0.15) is 40.0 Å². The highest BCUT2D eigenvalue weighted by Crippen LogP contribution is 2.29. The van der Waals surface area contributed by atoms with Gasteiger partial charge in [0.25, 0.3) is 0 Å². The van der Waals surface area contributed by atoms with E-state index in [9.17, 15) is 4.79 Å². The summed E-state index contributed by atoms with van der Waals surface area (Å²) >= 11 is 3.28. The zero-order valence-corrected chi connectivity index (χ0v) is 10.8. The number of carbonyl (C=O) groups excluding carboxylic acids is 1. The van der Waals surface area contributed by atoms with Crippen LogP contribution in [0.4, 0.5) is 0 Å². The highest BCUT2D eigenvalue weighted by molar-refractivity contribution is 9.10. The number of amides is 1. The minimum atomic E-state index is -0.0721. The van der Waals surface area contributed by atoms with Crippen molar-refractivity contribution in [1.82, 2.24) is 5.32 Å². The van der Waals surface area contributed by atoms with E-state index < -0.39 is 0 Å². The maximum atomic E-state index is 11.4. The molecule has 82 valence electrons. The standard InChI is InChI=1S/C11H20BrNO/c1-7-4-5-10(6-8(7)2)13-11(14)9(3)12/h7-10H,4-6H2,1-3H3,(H,13,14). The Balaban J connectivity index is 2.37. The molecule has 4 atom stereocenters. The summed E-state index contributed by atoms with van der Waals surface area (Å²) in [5.41, 5.74) is 0. The number of carbonyl (C=O) groups is 1. The van der Waals surface area contributed by atoms with Crippen LogP contribution in [0.25, 0.3) is 0 Å². The van der Waals surface area contributed by atoms with Crippen LogP contribution in [0.2, 0.25) is 0 Å². The molecule has 1 rings (SSSR count). The first-order valence-corrected chi connectivity index (χ1v) is 6.36. The van der Waals surface area contributed by atoms with Crippen molar-refractivity contribution in [2.75, 3.05) is 0 Å². The number of nitrogens with one attached hydrogen (secondary N) is 1. The summed E-state index contributed by atoms with van der Waals surface area (Å²) in [5, 5.41) is 3.08. The molecule has 3 heteroatoms. The van der Waals surface area contributed by atoms with Gasteiger partial charge in [0, 0.05) is 6.04 Å². The monoisotopic (exact) mass is 261 g/mol. The molecule has 0 bridgehead atoms. The van der Waals surface area contributed by atoms with Crippen LogP contribution in [-0.2, 0) is 4.79 Å². The Kier molecular flexibility index (Phi) is 4.42. The zero-order valence-electron chi connectivity index (χ0n) is 9.22. The van der Waals surface area contributed by atoms with Crippen LogP contribution in [0, 0.1) is 11.8 Å². The summed E-state index contributed by atoms with van der Waals surface area (Å²) in [5.74, 6) is 1.67. The lowest BCUT2D eigenvalue weighted by Crippen LogP contribution is -2.42. The van der Waals surface area contributed by atoms with Gasteiger partial charge >= 0.3 is 0 Å². The van der Waals surface area contributed by atoms with Gasteiger partial charge in [-0.25, -0.2) is 0 Å². The zero-order chi connectivity index (χ0) is 10.7. The third-order valence-corrected chi connectivity index (χ3v) is 3.72. The molecule has 1 amide bonds. The molecule has 0 aromatic rings. The van der Waals surface area contributed by atoms with E-state index >= 15 is 0 Å². The van der Waals surface area contributed by atoms with E-state index in [-0.39, 0.29) is 10.7 Å². The lowest BCUT2D eigenvalue weighted by Gasteiger charge is -2.32. The Labute approximate surface area is 95.0 Å². The summed E-state index contributed by atoms with van der Waals surface area (Å²) in [6.45, 7) is 6.45. The van der Waals surface area contributed by atoms with Gasteiger partial charge in [0.1, 0.15) is 0 Å². The van der Waals surface area contributed by atoms with Gasteiger partial charge in [0.2, 0.25) is 5.91 Å². The Bertz CT molecular complexity index is 205. The topological polar surface area (TPSA) is 29.1 Å². The van der Waals surface area contributed by atoms with Crippen molar-refractivity contribution in [3.8, 4) is 0 Å². The normalized spacial score (nSPS) is 35.0. The van der Waals surface area contributed by atoms with E-state index in [4.69, 9.17) is 0 Å². The quantitative estimate of drug-likeness (QED) is 0.762. The highest BCUT2D eigenvalue weighted by Gasteiger charge is 2.26. The van der Waals surface area contributed by atoms with Crippen LogP contribution in [-0.4, -0.2) is 16.8 Å². The molecule has 0 heterocycles. The lowest BCUT2D eigenvalue weighted by molar-refractivity contribution is -0.121. The van der Waals surface area contributed by atoms with E-state index in [1.54, 1.807) is 0 Å². The maximum Gasteiger partial charge on any atom is 0.233 e. The Morgan fingerprint density at radius 2 is 2.00 bits per heavy atom. The molecule has 1 saturated carbocycles. The summed E-state index contributed by atoms with van der Waals surface area (Å²) in [7, 11) is 0. The Morgan fingerprint density at radius 3 is 2.50 bits per heavy atom. The summed E-state index contributed by atoms with van der Waals surface area (Å²) in [6.07, 6.45) is 3.51. The van der Waals surface area contributed by atoms with Crippen molar-refractivity contribution >= 4 is 21.8 Å². The van der Waals surface area contributed by atoms with Crippen molar-refractivity contribution in [3.63, 3.8) is 0 Å². The molecule has 0 aromatic heterocycles. The summed E-state index contributed by atoms with van der Waals surface area (Å²) in [4.78, 5) is 11.4. The van der Waals surface area contributed by atoms with Crippen molar-refractivity contribution in [3.05, 3.63) is 0 Å². The molecule has 1 N–H and O–H groups in total. The highest BCUT2D eigenvalue weighted by atomic mass is 79.9. The third kappa shape index (κ3) is 3.26. The van der Waals surface area contributed by atoms with Gasteiger partial charge in [-0.3, -0.25) is 4.79 Å². The van der Waals surface area contributed by atoms with Crippen molar-refractivity contribution in [1.29, 1.82) is 0 Å². The van der Waals surface area contributed by atoms with E-state index in [1.807, 2.05) is 6.92 Å². The van der Waals surface area contributed by atoms with Gasteiger partial charge in [-0.15, -0.1) is 0 Å². The first-order chi connectivity index (χ1) is 6.50. The Hall–Kier alpha value is -0.0500. The average Bonchev–Trinajstić information content (AvgIpc) is 2.11. The second kappa shape index (κ2) is 5.15. The van der Waals surface area contributed by atoms with Crippen molar-refractivity contribution in [2.24, 2.45) is 11.8 Å². The third-order valence-electron chi connectivity index (χ3n) is 3.31. The first-order valence-electron chi connectivity index (χ1n) is 5.45. The molecule has 14 heavy (non-hydrogen) atoms. The second-order valence-corrected chi connectivity index (χ2v) is 5.96. The SMILES string of the molecule is CC(Br)C(=O)NC1CCC(C)C(C)C1. The molecule has 0 aromatic carbocycles.